The topological polar surface area (TPSA) is 50.3 Å². The molecule has 6 heteroatoms. The number of hydrogen-bond donors (Lipinski definition) is 1. The number of rotatable bonds is 7. The predicted octanol–water partition coefficient (Wildman–Crippen LogP) is 1.21. The summed E-state index contributed by atoms with van der Waals surface area (Å²) in [5.74, 6) is 2.01. The van der Waals surface area contributed by atoms with Gasteiger partial charge in [-0.3, -0.25) is 0 Å². The van der Waals surface area contributed by atoms with Crippen LogP contribution in [0.3, 0.4) is 0 Å². The molecule has 0 amide bonds. The number of alkyl halides is 1. The van der Waals surface area contributed by atoms with Crippen LogP contribution >= 0.6 is 11.6 Å². The van der Waals surface area contributed by atoms with Crippen LogP contribution < -0.4 is 10.2 Å². The molecule has 1 aromatic heterocycles. The first-order chi connectivity index (χ1) is 7.74. The van der Waals surface area contributed by atoms with E-state index in [1.807, 2.05) is 25.1 Å². The van der Waals surface area contributed by atoms with Gasteiger partial charge in [-0.2, -0.15) is 4.98 Å². The molecule has 90 valence electrons. The molecule has 1 N–H and O–H groups in total. The number of aromatic nitrogens is 2. The average Bonchev–Trinajstić information content (AvgIpc) is 2.29. The standard InChI is InChI=1S/C10H17ClN4O/c1-15(2)10-13-5-3-9(14-10)12-6-8-16-7-4-11/h3,5H,4,6-8H2,1-2H3,(H,12,13,14). The van der Waals surface area contributed by atoms with Crippen molar-refractivity contribution in [1.82, 2.24) is 9.97 Å². The quantitative estimate of drug-likeness (QED) is 0.577. The summed E-state index contributed by atoms with van der Waals surface area (Å²) >= 11 is 5.48. The molecule has 0 radical (unpaired) electrons. The Bertz CT molecular complexity index is 309. The number of ether oxygens (including phenoxy) is 1. The first-order valence-electron chi connectivity index (χ1n) is 5.12. The van der Waals surface area contributed by atoms with Crippen molar-refractivity contribution in [3.8, 4) is 0 Å². The average molecular weight is 245 g/mol. The fraction of sp³-hybridized carbons (Fsp3) is 0.600. The molecule has 0 saturated carbocycles. The summed E-state index contributed by atoms with van der Waals surface area (Å²) in [6.45, 7) is 1.91. The molecule has 0 aromatic carbocycles. The summed E-state index contributed by atoms with van der Waals surface area (Å²) in [7, 11) is 3.81. The number of halogens is 1. The van der Waals surface area contributed by atoms with Gasteiger partial charge in [0.2, 0.25) is 5.95 Å². The molecule has 0 aliphatic rings. The van der Waals surface area contributed by atoms with E-state index in [2.05, 4.69) is 15.3 Å². The van der Waals surface area contributed by atoms with Crippen LogP contribution in [0.25, 0.3) is 0 Å². The van der Waals surface area contributed by atoms with Gasteiger partial charge in [-0.15, -0.1) is 11.6 Å². The Labute approximate surface area is 101 Å². The molecule has 16 heavy (non-hydrogen) atoms. The summed E-state index contributed by atoms with van der Waals surface area (Å²) in [4.78, 5) is 10.3. The summed E-state index contributed by atoms with van der Waals surface area (Å²) in [6, 6.07) is 1.83. The van der Waals surface area contributed by atoms with Gasteiger partial charge in [-0.25, -0.2) is 4.98 Å². The Kier molecular flexibility index (Phi) is 5.88. The van der Waals surface area contributed by atoms with Gasteiger partial charge in [0, 0.05) is 32.7 Å². The van der Waals surface area contributed by atoms with Crippen molar-refractivity contribution >= 4 is 23.4 Å². The maximum atomic E-state index is 5.48. The minimum atomic E-state index is 0.526. The van der Waals surface area contributed by atoms with Gasteiger partial charge >= 0.3 is 0 Å². The second-order valence-corrected chi connectivity index (χ2v) is 3.74. The number of hydrogen-bond acceptors (Lipinski definition) is 5. The largest absolute Gasteiger partial charge is 0.378 e. The van der Waals surface area contributed by atoms with Crippen molar-refractivity contribution < 1.29 is 4.74 Å². The molecule has 5 nitrogen and oxygen atoms in total. The van der Waals surface area contributed by atoms with Crippen molar-refractivity contribution in [1.29, 1.82) is 0 Å². The minimum absolute atomic E-state index is 0.526. The highest BCUT2D eigenvalue weighted by atomic mass is 35.5. The molecule has 1 aromatic rings. The zero-order valence-corrected chi connectivity index (χ0v) is 10.4. The smallest absolute Gasteiger partial charge is 0.226 e. The summed E-state index contributed by atoms with van der Waals surface area (Å²) in [5.41, 5.74) is 0. The Morgan fingerprint density at radius 3 is 2.94 bits per heavy atom. The maximum Gasteiger partial charge on any atom is 0.226 e. The molecule has 1 heterocycles. The second-order valence-electron chi connectivity index (χ2n) is 3.36. The Hall–Kier alpha value is -1.07. The third-order valence-electron chi connectivity index (χ3n) is 1.82. The molecule has 0 spiro atoms. The van der Waals surface area contributed by atoms with Crippen LogP contribution in [0.2, 0.25) is 0 Å². The zero-order chi connectivity index (χ0) is 11.8. The summed E-state index contributed by atoms with van der Waals surface area (Å²) in [5, 5.41) is 3.15. The van der Waals surface area contributed by atoms with Crippen molar-refractivity contribution in [2.24, 2.45) is 0 Å². The van der Waals surface area contributed by atoms with E-state index in [0.29, 0.717) is 31.6 Å². The predicted molar refractivity (Wildman–Crippen MR) is 66.4 cm³/mol. The molecule has 0 fully saturated rings. The van der Waals surface area contributed by atoms with Gasteiger partial charge in [0.15, 0.2) is 0 Å². The van der Waals surface area contributed by atoms with Gasteiger partial charge in [-0.1, -0.05) is 0 Å². The van der Waals surface area contributed by atoms with Gasteiger partial charge in [0.1, 0.15) is 5.82 Å². The third-order valence-corrected chi connectivity index (χ3v) is 1.97. The lowest BCUT2D eigenvalue weighted by molar-refractivity contribution is 0.160. The van der Waals surface area contributed by atoms with Crippen LogP contribution in [0.4, 0.5) is 11.8 Å². The van der Waals surface area contributed by atoms with Crippen LogP contribution in [0.15, 0.2) is 12.3 Å². The maximum absolute atomic E-state index is 5.48. The third kappa shape index (κ3) is 4.63. The Balaban J connectivity index is 2.33. The Morgan fingerprint density at radius 2 is 2.25 bits per heavy atom. The number of nitrogens with zero attached hydrogens (tertiary/aromatic N) is 3. The highest BCUT2D eigenvalue weighted by Crippen LogP contribution is 2.07. The highest BCUT2D eigenvalue weighted by molar-refractivity contribution is 6.17. The van der Waals surface area contributed by atoms with Crippen LogP contribution in [-0.2, 0) is 4.74 Å². The minimum Gasteiger partial charge on any atom is -0.378 e. The highest BCUT2D eigenvalue weighted by Gasteiger charge is 1.99. The number of nitrogens with one attached hydrogen (secondary N) is 1. The van der Waals surface area contributed by atoms with E-state index >= 15 is 0 Å². The lowest BCUT2D eigenvalue weighted by atomic mass is 10.5. The molecule has 0 unspecified atom stereocenters. The van der Waals surface area contributed by atoms with Crippen LogP contribution in [0, 0.1) is 0 Å². The second kappa shape index (κ2) is 7.24. The summed E-state index contributed by atoms with van der Waals surface area (Å²) in [6.07, 6.45) is 1.73. The van der Waals surface area contributed by atoms with Gasteiger partial charge in [-0.05, 0) is 6.07 Å². The fourth-order valence-corrected chi connectivity index (χ4v) is 1.18. The monoisotopic (exact) mass is 244 g/mol. The van der Waals surface area contributed by atoms with Crippen molar-refractivity contribution in [2.45, 2.75) is 0 Å². The lowest BCUT2D eigenvalue weighted by Gasteiger charge is -2.11. The molecule has 0 bridgehead atoms. The van der Waals surface area contributed by atoms with Gasteiger partial charge in [0.25, 0.3) is 0 Å². The van der Waals surface area contributed by atoms with Crippen LogP contribution in [0.1, 0.15) is 0 Å². The summed E-state index contributed by atoms with van der Waals surface area (Å²) < 4.78 is 5.23. The van der Waals surface area contributed by atoms with E-state index in [1.54, 1.807) is 6.20 Å². The zero-order valence-electron chi connectivity index (χ0n) is 9.61. The fourth-order valence-electron chi connectivity index (χ4n) is 1.07. The van der Waals surface area contributed by atoms with E-state index in [4.69, 9.17) is 16.3 Å². The van der Waals surface area contributed by atoms with Gasteiger partial charge in [0.05, 0.1) is 13.2 Å². The Morgan fingerprint density at radius 1 is 1.44 bits per heavy atom. The SMILES string of the molecule is CN(C)c1nccc(NCCOCCCl)n1. The molecule has 0 saturated heterocycles. The van der Waals surface area contributed by atoms with Crippen molar-refractivity contribution in [3.05, 3.63) is 12.3 Å². The van der Waals surface area contributed by atoms with Gasteiger partial charge < -0.3 is 15.0 Å². The van der Waals surface area contributed by atoms with Crippen molar-refractivity contribution in [2.75, 3.05) is 50.0 Å². The van der Waals surface area contributed by atoms with E-state index in [9.17, 15) is 0 Å². The molecule has 1 rings (SSSR count). The van der Waals surface area contributed by atoms with Crippen LogP contribution in [0.5, 0.6) is 0 Å². The van der Waals surface area contributed by atoms with Crippen LogP contribution in [-0.4, -0.2) is 49.7 Å². The lowest BCUT2D eigenvalue weighted by Crippen LogP contribution is -2.15. The van der Waals surface area contributed by atoms with Crippen molar-refractivity contribution in [3.63, 3.8) is 0 Å². The molecule has 0 atom stereocenters. The number of anilines is 2. The van der Waals surface area contributed by atoms with E-state index in [-0.39, 0.29) is 0 Å². The first kappa shape index (κ1) is 13.0. The first-order valence-corrected chi connectivity index (χ1v) is 5.65. The van der Waals surface area contributed by atoms with E-state index < -0.39 is 0 Å². The molecular formula is C10H17ClN4O. The molecular weight excluding hydrogens is 228 g/mol. The van der Waals surface area contributed by atoms with E-state index in [0.717, 1.165) is 5.82 Å². The normalized spacial score (nSPS) is 10.2. The molecule has 0 aliphatic carbocycles. The van der Waals surface area contributed by atoms with E-state index in [1.165, 1.54) is 0 Å². The molecule has 0 aliphatic heterocycles.